The van der Waals surface area contributed by atoms with Crippen molar-refractivity contribution in [1.82, 2.24) is 0 Å². The molecule has 0 atom stereocenters. The molecule has 0 heterocycles. The molecule has 1 aliphatic rings. The van der Waals surface area contributed by atoms with E-state index in [-0.39, 0.29) is 9.52 Å². The molecular weight excluding hydrogens is 196 g/mol. The van der Waals surface area contributed by atoms with Crippen LogP contribution in [0.4, 0.5) is 0 Å². The monoisotopic (exact) mass is 213 g/mol. The van der Waals surface area contributed by atoms with Crippen LogP contribution < -0.4 is 5.19 Å². The van der Waals surface area contributed by atoms with Gasteiger partial charge in [0.1, 0.15) is 0 Å². The standard InChI is InChI=1S/C14H17Si/c1-10-7-11(2)9-13(8-10)15-14-6-4-5-12(14)3/h4-9H,15H2,1-3H3. The summed E-state index contributed by atoms with van der Waals surface area (Å²) in [5, 5.41) is 1.56. The highest BCUT2D eigenvalue weighted by Crippen LogP contribution is 2.19. The maximum atomic E-state index is 2.34. The van der Waals surface area contributed by atoms with Gasteiger partial charge >= 0.3 is 0 Å². The Morgan fingerprint density at radius 2 is 1.60 bits per heavy atom. The fourth-order valence-corrected chi connectivity index (χ4v) is 4.07. The molecule has 0 bridgehead atoms. The van der Waals surface area contributed by atoms with Crippen LogP contribution in [0.5, 0.6) is 0 Å². The molecule has 77 valence electrons. The van der Waals surface area contributed by atoms with E-state index in [0.717, 1.165) is 0 Å². The molecule has 1 aromatic carbocycles. The third-order valence-electron chi connectivity index (χ3n) is 2.83. The highest BCUT2D eigenvalue weighted by molar-refractivity contribution is 6.61. The minimum atomic E-state index is -0.264. The summed E-state index contributed by atoms with van der Waals surface area (Å²) in [6, 6.07) is 6.92. The van der Waals surface area contributed by atoms with Crippen LogP contribution in [0.3, 0.4) is 0 Å². The summed E-state index contributed by atoms with van der Waals surface area (Å²) in [7, 11) is -0.264. The van der Waals surface area contributed by atoms with Crippen molar-refractivity contribution >= 4 is 14.7 Å². The minimum Gasteiger partial charge on any atom is -0.0764 e. The molecule has 1 radical (unpaired) electrons. The summed E-state index contributed by atoms with van der Waals surface area (Å²) in [5.74, 6) is 0. The lowest BCUT2D eigenvalue weighted by Crippen LogP contribution is -2.21. The molecule has 2 rings (SSSR count). The zero-order valence-corrected chi connectivity index (χ0v) is 11.1. The third kappa shape index (κ3) is 2.48. The average Bonchev–Trinajstić information content (AvgIpc) is 2.50. The van der Waals surface area contributed by atoms with E-state index in [0.29, 0.717) is 0 Å². The van der Waals surface area contributed by atoms with Crippen molar-refractivity contribution in [2.75, 3.05) is 0 Å². The van der Waals surface area contributed by atoms with E-state index in [1.54, 1.807) is 10.7 Å². The zero-order valence-electron chi connectivity index (χ0n) is 9.67. The van der Waals surface area contributed by atoms with Crippen LogP contribution in [-0.4, -0.2) is 9.52 Å². The molecule has 1 aromatic rings. The van der Waals surface area contributed by atoms with E-state index in [2.05, 4.69) is 57.2 Å². The van der Waals surface area contributed by atoms with Crippen molar-refractivity contribution in [3.63, 3.8) is 0 Å². The van der Waals surface area contributed by atoms with E-state index in [1.165, 1.54) is 16.7 Å². The first-order valence-corrected chi connectivity index (χ1v) is 6.85. The van der Waals surface area contributed by atoms with Crippen molar-refractivity contribution in [3.05, 3.63) is 58.7 Å². The van der Waals surface area contributed by atoms with E-state index >= 15 is 0 Å². The number of rotatable bonds is 2. The smallest absolute Gasteiger partial charge is 0.0717 e. The van der Waals surface area contributed by atoms with Crippen molar-refractivity contribution in [2.24, 2.45) is 0 Å². The van der Waals surface area contributed by atoms with Crippen LogP contribution in [0.2, 0.25) is 0 Å². The molecule has 0 saturated carbocycles. The van der Waals surface area contributed by atoms with Gasteiger partial charge in [-0.05, 0) is 20.8 Å². The molecule has 1 aliphatic carbocycles. The molecule has 0 fully saturated rings. The van der Waals surface area contributed by atoms with E-state index < -0.39 is 0 Å². The van der Waals surface area contributed by atoms with Crippen LogP contribution >= 0.6 is 0 Å². The van der Waals surface area contributed by atoms with Gasteiger partial charge in [-0.3, -0.25) is 0 Å². The lowest BCUT2D eigenvalue weighted by molar-refractivity contribution is 1.39. The predicted octanol–water partition coefficient (Wildman–Crippen LogP) is 2.15. The third-order valence-corrected chi connectivity index (χ3v) is 4.82. The first-order valence-electron chi connectivity index (χ1n) is 5.43. The molecule has 0 saturated heterocycles. The Kier molecular flexibility index (Phi) is 2.92. The topological polar surface area (TPSA) is 0 Å². The van der Waals surface area contributed by atoms with Gasteiger partial charge in [-0.2, -0.15) is 0 Å². The summed E-state index contributed by atoms with van der Waals surface area (Å²) in [6.07, 6.45) is 6.66. The van der Waals surface area contributed by atoms with E-state index in [1.807, 2.05) is 0 Å². The molecule has 15 heavy (non-hydrogen) atoms. The Balaban J connectivity index is 2.17. The average molecular weight is 213 g/mol. The minimum absolute atomic E-state index is 0.264. The second-order valence-corrected chi connectivity index (χ2v) is 6.34. The number of benzene rings is 1. The second kappa shape index (κ2) is 4.19. The quantitative estimate of drug-likeness (QED) is 0.660. The first-order chi connectivity index (χ1) is 7.15. The Labute approximate surface area is 94.5 Å². The molecule has 0 spiro atoms. The summed E-state index contributed by atoms with van der Waals surface area (Å²) in [4.78, 5) is 0. The first kappa shape index (κ1) is 10.4. The van der Waals surface area contributed by atoms with E-state index in [4.69, 9.17) is 0 Å². The Bertz CT molecular complexity index is 407. The Morgan fingerprint density at radius 3 is 2.13 bits per heavy atom. The van der Waals surface area contributed by atoms with Gasteiger partial charge in [-0.15, -0.1) is 0 Å². The molecule has 1 heteroatoms. The van der Waals surface area contributed by atoms with Crippen molar-refractivity contribution < 1.29 is 0 Å². The fourth-order valence-electron chi connectivity index (χ4n) is 2.14. The molecule has 0 amide bonds. The van der Waals surface area contributed by atoms with Crippen LogP contribution in [0, 0.1) is 19.4 Å². The summed E-state index contributed by atoms with van der Waals surface area (Å²) in [5.41, 5.74) is 5.82. The van der Waals surface area contributed by atoms with Gasteiger partial charge in [0.2, 0.25) is 0 Å². The molecular formula is C14H17Si. The van der Waals surface area contributed by atoms with Crippen molar-refractivity contribution in [1.29, 1.82) is 0 Å². The number of aryl methyl sites for hydroxylation is 2. The van der Waals surface area contributed by atoms with Gasteiger partial charge in [-0.1, -0.05) is 58.3 Å². The molecule has 0 unspecified atom stereocenters. The molecule has 0 N–H and O–H groups in total. The van der Waals surface area contributed by atoms with Gasteiger partial charge < -0.3 is 0 Å². The lowest BCUT2D eigenvalue weighted by atomic mass is 10.2. The highest BCUT2D eigenvalue weighted by atomic mass is 28.2. The fraction of sp³-hybridized carbons (Fsp3) is 0.214. The molecule has 0 aliphatic heterocycles. The maximum absolute atomic E-state index is 2.34. The van der Waals surface area contributed by atoms with Crippen LogP contribution in [-0.2, 0) is 0 Å². The van der Waals surface area contributed by atoms with Gasteiger partial charge in [0.25, 0.3) is 0 Å². The van der Waals surface area contributed by atoms with Gasteiger partial charge in [0.15, 0.2) is 0 Å². The number of hydrogen-bond acceptors (Lipinski definition) is 0. The van der Waals surface area contributed by atoms with Crippen molar-refractivity contribution in [3.8, 4) is 0 Å². The van der Waals surface area contributed by atoms with Crippen molar-refractivity contribution in [2.45, 2.75) is 20.8 Å². The Morgan fingerprint density at radius 1 is 0.933 bits per heavy atom. The van der Waals surface area contributed by atoms with Gasteiger partial charge in [0, 0.05) is 5.54 Å². The summed E-state index contributed by atoms with van der Waals surface area (Å²) in [6.45, 7) is 6.58. The molecule has 0 nitrogen and oxygen atoms in total. The number of allylic oxidation sites excluding steroid dienone is 4. The second-order valence-electron chi connectivity index (χ2n) is 4.41. The van der Waals surface area contributed by atoms with Gasteiger partial charge in [0.05, 0.1) is 9.52 Å². The predicted molar refractivity (Wildman–Crippen MR) is 70.2 cm³/mol. The number of hydrogen-bond donors (Lipinski definition) is 0. The normalized spacial score (nSPS) is 16.6. The van der Waals surface area contributed by atoms with E-state index in [9.17, 15) is 0 Å². The molecule has 0 aromatic heterocycles. The SMILES string of the molecule is CC1=CC=C[C]1[SiH2]c1cc(C)cc(C)c1. The Hall–Kier alpha value is -1.08. The maximum Gasteiger partial charge on any atom is 0.0717 e. The zero-order chi connectivity index (χ0) is 10.8. The summed E-state index contributed by atoms with van der Waals surface area (Å²) < 4.78 is 0. The highest BCUT2D eigenvalue weighted by Gasteiger charge is 2.12. The van der Waals surface area contributed by atoms with Crippen LogP contribution in [0.15, 0.2) is 42.0 Å². The van der Waals surface area contributed by atoms with Crippen LogP contribution in [0.25, 0.3) is 0 Å². The summed E-state index contributed by atoms with van der Waals surface area (Å²) >= 11 is 0. The lowest BCUT2D eigenvalue weighted by Gasteiger charge is -2.10. The largest absolute Gasteiger partial charge is 0.0764 e. The van der Waals surface area contributed by atoms with Gasteiger partial charge in [-0.25, -0.2) is 0 Å². The van der Waals surface area contributed by atoms with Crippen LogP contribution in [0.1, 0.15) is 18.1 Å².